The molecule has 1 aromatic heterocycles. The molecule has 0 aliphatic carbocycles. The van der Waals surface area contributed by atoms with Gasteiger partial charge in [-0.2, -0.15) is 0 Å². The summed E-state index contributed by atoms with van der Waals surface area (Å²) in [5, 5.41) is 0.914. The SMILES string of the molecule is COc1ccc(N(c2ccc(OC)cc2)c2ccc3c4ccc(N(c5ccc(OC)cc5)c5ccc(OC)cc5)cc4n(CCC(C)S(=O)(=O)[O-])c3c2)cc1.[K+]. The molecule has 0 aliphatic rings. The number of methoxy groups -OCH3 is 4. The third kappa shape index (κ3) is 8.57. The molecule has 6 aromatic carbocycles. The van der Waals surface area contributed by atoms with Gasteiger partial charge in [0.05, 0.1) is 49.6 Å². The molecule has 12 heteroatoms. The topological polar surface area (TPSA) is 106 Å². The normalized spacial score (nSPS) is 11.8. The Labute approximate surface area is 370 Å². The first-order valence-corrected chi connectivity index (χ1v) is 19.3. The minimum absolute atomic E-state index is 0. The van der Waals surface area contributed by atoms with Gasteiger partial charge in [-0.1, -0.05) is 12.1 Å². The molecule has 0 fully saturated rings. The number of benzene rings is 6. The van der Waals surface area contributed by atoms with Crippen LogP contribution in [0.2, 0.25) is 0 Å². The summed E-state index contributed by atoms with van der Waals surface area (Å²) in [6.07, 6.45) is 0.139. The smallest absolute Gasteiger partial charge is 0.748 e. The number of hydrogen-bond donors (Lipinski definition) is 0. The summed E-state index contributed by atoms with van der Waals surface area (Å²) in [6, 6.07) is 44.0. The van der Waals surface area contributed by atoms with E-state index in [1.54, 1.807) is 28.4 Å². The number of nitrogens with zero attached hydrogens (tertiary/aromatic N) is 3. The van der Waals surface area contributed by atoms with Crippen molar-refractivity contribution in [2.75, 3.05) is 38.2 Å². The van der Waals surface area contributed by atoms with Crippen LogP contribution < -0.4 is 80.1 Å². The van der Waals surface area contributed by atoms with Crippen molar-refractivity contribution in [3.05, 3.63) is 133 Å². The van der Waals surface area contributed by atoms with Gasteiger partial charge in [-0.3, -0.25) is 0 Å². The molecule has 0 aliphatic heterocycles. The van der Waals surface area contributed by atoms with Crippen LogP contribution in [0.5, 0.6) is 23.0 Å². The Morgan fingerprint density at radius 3 is 1.07 bits per heavy atom. The van der Waals surface area contributed by atoms with Crippen molar-refractivity contribution in [1.29, 1.82) is 0 Å². The van der Waals surface area contributed by atoms with Gasteiger partial charge in [-0.05, 0) is 135 Å². The van der Waals surface area contributed by atoms with E-state index in [2.05, 4.69) is 50.8 Å². The van der Waals surface area contributed by atoms with E-state index in [4.69, 9.17) is 18.9 Å². The maximum absolute atomic E-state index is 12.1. The van der Waals surface area contributed by atoms with Gasteiger partial charge >= 0.3 is 51.4 Å². The van der Waals surface area contributed by atoms with Crippen LogP contribution in [0.3, 0.4) is 0 Å². The van der Waals surface area contributed by atoms with Gasteiger partial charge in [0.1, 0.15) is 23.0 Å². The fraction of sp³-hybridized carbons (Fsp3) is 0.182. The molecular formula is C44H42KN3O7S. The fourth-order valence-electron chi connectivity index (χ4n) is 6.87. The molecule has 0 amide bonds. The average molecular weight is 796 g/mol. The van der Waals surface area contributed by atoms with Crippen LogP contribution in [0, 0.1) is 0 Å². The predicted molar refractivity (Wildman–Crippen MR) is 219 cm³/mol. The number of anilines is 6. The molecule has 0 N–H and O–H groups in total. The van der Waals surface area contributed by atoms with Gasteiger partial charge in [0, 0.05) is 56.7 Å². The molecule has 56 heavy (non-hydrogen) atoms. The van der Waals surface area contributed by atoms with Crippen LogP contribution in [0.15, 0.2) is 133 Å². The summed E-state index contributed by atoms with van der Waals surface area (Å²) < 4.78 is 60.2. The zero-order valence-electron chi connectivity index (χ0n) is 32.3. The number of rotatable bonds is 14. The molecule has 10 nitrogen and oxygen atoms in total. The third-order valence-corrected chi connectivity index (χ3v) is 11.1. The van der Waals surface area contributed by atoms with E-state index in [9.17, 15) is 13.0 Å². The molecule has 7 aromatic rings. The van der Waals surface area contributed by atoms with Crippen molar-refractivity contribution in [3.8, 4) is 23.0 Å². The Morgan fingerprint density at radius 1 is 0.518 bits per heavy atom. The minimum Gasteiger partial charge on any atom is -0.748 e. The van der Waals surface area contributed by atoms with E-state index < -0.39 is 15.4 Å². The molecule has 1 heterocycles. The summed E-state index contributed by atoms with van der Waals surface area (Å²) in [5.41, 5.74) is 7.21. The zero-order valence-corrected chi connectivity index (χ0v) is 36.2. The molecule has 0 bridgehead atoms. The van der Waals surface area contributed by atoms with Crippen molar-refractivity contribution in [1.82, 2.24) is 4.57 Å². The number of hydrogen-bond acceptors (Lipinski definition) is 9. The van der Waals surface area contributed by atoms with Crippen LogP contribution in [-0.2, 0) is 16.7 Å². The number of aryl methyl sites for hydroxylation is 1. The first kappa shape index (κ1) is 41.1. The van der Waals surface area contributed by atoms with Crippen molar-refractivity contribution in [3.63, 3.8) is 0 Å². The van der Waals surface area contributed by atoms with E-state index in [1.807, 2.05) is 97.1 Å². The van der Waals surface area contributed by atoms with Crippen LogP contribution in [0.1, 0.15) is 13.3 Å². The van der Waals surface area contributed by atoms with E-state index in [-0.39, 0.29) is 57.8 Å². The molecule has 0 radical (unpaired) electrons. The van der Waals surface area contributed by atoms with Gasteiger partial charge in [0.15, 0.2) is 0 Å². The number of aromatic nitrogens is 1. The molecule has 1 atom stereocenters. The van der Waals surface area contributed by atoms with Crippen LogP contribution in [-0.4, -0.2) is 51.2 Å². The van der Waals surface area contributed by atoms with Gasteiger partial charge in [-0.15, -0.1) is 0 Å². The van der Waals surface area contributed by atoms with Crippen LogP contribution in [0.25, 0.3) is 21.8 Å². The fourth-order valence-corrected chi connectivity index (χ4v) is 7.26. The zero-order chi connectivity index (χ0) is 38.7. The van der Waals surface area contributed by atoms with E-state index in [0.29, 0.717) is 6.54 Å². The van der Waals surface area contributed by atoms with Gasteiger partial charge in [0.25, 0.3) is 0 Å². The number of fused-ring (bicyclic) bond motifs is 3. The summed E-state index contributed by atoms with van der Waals surface area (Å²) >= 11 is 0. The Balaban J connectivity index is 0.00000532. The number of ether oxygens (including phenoxy) is 4. The van der Waals surface area contributed by atoms with Gasteiger partial charge in [0.2, 0.25) is 0 Å². The van der Waals surface area contributed by atoms with Crippen molar-refractivity contribution >= 4 is 66.0 Å². The maximum atomic E-state index is 12.1. The Kier molecular flexibility index (Phi) is 13.0. The second-order valence-electron chi connectivity index (χ2n) is 13.1. The van der Waals surface area contributed by atoms with Gasteiger partial charge in [-0.25, -0.2) is 8.42 Å². The maximum Gasteiger partial charge on any atom is 1.00 e. The van der Waals surface area contributed by atoms with Crippen molar-refractivity contribution < 1.29 is 83.3 Å². The molecule has 0 saturated carbocycles. The van der Waals surface area contributed by atoms with E-state index >= 15 is 0 Å². The minimum atomic E-state index is -4.49. The first-order chi connectivity index (χ1) is 26.6. The Hall–Kier alpha value is -4.53. The van der Waals surface area contributed by atoms with Crippen molar-refractivity contribution in [2.45, 2.75) is 25.1 Å². The Bertz CT molecular complexity index is 2270. The van der Waals surface area contributed by atoms with Crippen LogP contribution >= 0.6 is 0 Å². The average Bonchev–Trinajstić information content (AvgIpc) is 3.52. The predicted octanol–water partition coefficient (Wildman–Crippen LogP) is 7.10. The summed E-state index contributed by atoms with van der Waals surface area (Å²) in [7, 11) is 2.06. The van der Waals surface area contributed by atoms with E-state index in [0.717, 1.165) is 78.9 Å². The summed E-state index contributed by atoms with van der Waals surface area (Å²) in [6.45, 7) is 1.77. The van der Waals surface area contributed by atoms with E-state index in [1.165, 1.54) is 6.92 Å². The summed E-state index contributed by atoms with van der Waals surface area (Å²) in [4.78, 5) is 4.29. The largest absolute Gasteiger partial charge is 1.00 e. The second-order valence-corrected chi connectivity index (χ2v) is 14.9. The molecule has 0 spiro atoms. The second kappa shape index (κ2) is 17.7. The molecule has 282 valence electrons. The van der Waals surface area contributed by atoms with Crippen LogP contribution in [0.4, 0.5) is 34.1 Å². The molecule has 1 unspecified atom stereocenters. The van der Waals surface area contributed by atoms with Crippen molar-refractivity contribution in [2.24, 2.45) is 0 Å². The summed E-state index contributed by atoms with van der Waals surface area (Å²) in [5.74, 6) is 2.97. The monoisotopic (exact) mass is 795 g/mol. The first-order valence-electron chi connectivity index (χ1n) is 17.8. The third-order valence-electron chi connectivity index (χ3n) is 9.93. The standard InChI is InChI=1S/C44H43N3O7S.K/c1-30(55(48,49)50)26-27-45-43-28-35(46(31-6-16-37(51-2)17-7-31)32-8-18-38(52-3)19-9-32)14-24-41(43)42-25-15-36(29-44(42)45)47(33-10-20-39(53-4)21-11-33)34-12-22-40(54-5)23-13-34;/h6-25,28-30H,26-27H2,1-5H3,(H,48,49,50);/q;+1/p-1. The molecular weight excluding hydrogens is 754 g/mol. The Morgan fingerprint density at radius 2 is 0.804 bits per heavy atom. The van der Waals surface area contributed by atoms with Gasteiger partial charge < -0.3 is 37.9 Å². The molecule has 0 saturated heterocycles. The molecule has 7 rings (SSSR count). The quantitative estimate of drug-likeness (QED) is 0.0843.